The summed E-state index contributed by atoms with van der Waals surface area (Å²) in [5.74, 6) is -0.219. The summed E-state index contributed by atoms with van der Waals surface area (Å²) in [4.78, 5) is 12.5. The number of rotatable bonds is 6. The standard InChI is InChI=1S/C18H28N2O3S/c1-3-9-15(2)19-18(21)16-10-8-11-17(14-16)24(22,23)20-12-6-4-5-7-13-20/h8,10-11,14-15H,3-7,9,12-13H2,1-2H3,(H,19,21)/t15-/m0/s1. The Labute approximate surface area is 145 Å². The number of carbonyl (C=O) groups excluding carboxylic acids is 1. The molecule has 5 nitrogen and oxygen atoms in total. The Balaban J connectivity index is 2.18. The normalized spacial score (nSPS) is 17.9. The van der Waals surface area contributed by atoms with Crippen LogP contribution in [0.2, 0.25) is 0 Å². The van der Waals surface area contributed by atoms with Crippen molar-refractivity contribution in [1.82, 2.24) is 9.62 Å². The van der Waals surface area contributed by atoms with E-state index in [-0.39, 0.29) is 16.8 Å². The molecule has 0 spiro atoms. The maximum atomic E-state index is 12.8. The fourth-order valence-electron chi connectivity index (χ4n) is 3.04. The van der Waals surface area contributed by atoms with E-state index in [2.05, 4.69) is 12.2 Å². The fourth-order valence-corrected chi connectivity index (χ4v) is 4.60. The van der Waals surface area contributed by atoms with Gasteiger partial charge in [-0.25, -0.2) is 8.42 Å². The average Bonchev–Trinajstić information content (AvgIpc) is 2.85. The van der Waals surface area contributed by atoms with Crippen molar-refractivity contribution in [3.63, 3.8) is 0 Å². The van der Waals surface area contributed by atoms with Gasteiger partial charge in [0.2, 0.25) is 10.0 Å². The Bertz CT molecular complexity index is 650. The van der Waals surface area contributed by atoms with Gasteiger partial charge in [-0.3, -0.25) is 4.79 Å². The fraction of sp³-hybridized carbons (Fsp3) is 0.611. The van der Waals surface area contributed by atoms with Gasteiger partial charge in [0.15, 0.2) is 0 Å². The van der Waals surface area contributed by atoms with Crippen LogP contribution < -0.4 is 5.32 Å². The third-order valence-corrected chi connectivity index (χ3v) is 6.29. The predicted molar refractivity (Wildman–Crippen MR) is 95.5 cm³/mol. The third kappa shape index (κ3) is 4.80. The molecule has 1 aromatic rings. The molecule has 1 N–H and O–H groups in total. The smallest absolute Gasteiger partial charge is 0.251 e. The molecule has 134 valence electrons. The summed E-state index contributed by atoms with van der Waals surface area (Å²) in [6.45, 7) is 5.15. The first-order valence-electron chi connectivity index (χ1n) is 8.86. The van der Waals surface area contributed by atoms with Gasteiger partial charge in [-0.1, -0.05) is 32.3 Å². The largest absolute Gasteiger partial charge is 0.350 e. The van der Waals surface area contributed by atoms with E-state index in [1.54, 1.807) is 22.5 Å². The van der Waals surface area contributed by atoms with Gasteiger partial charge in [0.1, 0.15) is 0 Å². The molecule has 1 aliphatic heterocycles. The zero-order valence-corrected chi connectivity index (χ0v) is 15.4. The first kappa shape index (κ1) is 18.9. The monoisotopic (exact) mass is 352 g/mol. The minimum Gasteiger partial charge on any atom is -0.350 e. The molecular formula is C18H28N2O3S. The molecule has 1 saturated heterocycles. The minimum atomic E-state index is -3.53. The molecule has 0 unspecified atom stereocenters. The van der Waals surface area contributed by atoms with Crippen molar-refractivity contribution >= 4 is 15.9 Å². The highest BCUT2D eigenvalue weighted by Crippen LogP contribution is 2.21. The molecule has 0 aromatic heterocycles. The van der Waals surface area contributed by atoms with Crippen molar-refractivity contribution < 1.29 is 13.2 Å². The molecular weight excluding hydrogens is 324 g/mol. The van der Waals surface area contributed by atoms with Gasteiger partial charge in [-0.05, 0) is 44.4 Å². The Morgan fingerprint density at radius 1 is 1.21 bits per heavy atom. The van der Waals surface area contributed by atoms with Crippen molar-refractivity contribution in [2.45, 2.75) is 63.3 Å². The van der Waals surface area contributed by atoms with Crippen molar-refractivity contribution in [2.75, 3.05) is 13.1 Å². The summed E-state index contributed by atoms with van der Waals surface area (Å²) >= 11 is 0. The lowest BCUT2D eigenvalue weighted by Gasteiger charge is -2.20. The van der Waals surface area contributed by atoms with Crippen LogP contribution in [0.5, 0.6) is 0 Å². The van der Waals surface area contributed by atoms with E-state index in [9.17, 15) is 13.2 Å². The summed E-state index contributed by atoms with van der Waals surface area (Å²) in [5, 5.41) is 2.92. The molecule has 0 radical (unpaired) electrons. The summed E-state index contributed by atoms with van der Waals surface area (Å²) in [7, 11) is -3.53. The Hall–Kier alpha value is -1.40. The highest BCUT2D eigenvalue weighted by atomic mass is 32.2. The second kappa shape index (κ2) is 8.62. The number of carbonyl (C=O) groups is 1. The molecule has 6 heteroatoms. The van der Waals surface area contributed by atoms with Crippen LogP contribution in [-0.2, 0) is 10.0 Å². The summed E-state index contributed by atoms with van der Waals surface area (Å²) in [6.07, 6.45) is 5.83. The molecule has 1 fully saturated rings. The Morgan fingerprint density at radius 3 is 2.50 bits per heavy atom. The van der Waals surface area contributed by atoms with Crippen molar-refractivity contribution in [3.8, 4) is 0 Å². The molecule has 0 aliphatic carbocycles. The number of nitrogens with one attached hydrogen (secondary N) is 1. The molecule has 24 heavy (non-hydrogen) atoms. The lowest BCUT2D eigenvalue weighted by molar-refractivity contribution is 0.0938. The quantitative estimate of drug-likeness (QED) is 0.855. The van der Waals surface area contributed by atoms with Crippen LogP contribution >= 0.6 is 0 Å². The maximum Gasteiger partial charge on any atom is 0.251 e. The number of sulfonamides is 1. The lowest BCUT2D eigenvalue weighted by atomic mass is 10.1. The van der Waals surface area contributed by atoms with Crippen LogP contribution in [0.4, 0.5) is 0 Å². The SMILES string of the molecule is CCC[C@H](C)NC(=O)c1cccc(S(=O)(=O)N2CCCCCC2)c1. The first-order chi connectivity index (χ1) is 11.4. The third-order valence-electron chi connectivity index (χ3n) is 4.40. The summed E-state index contributed by atoms with van der Waals surface area (Å²) in [6, 6.07) is 6.45. The van der Waals surface area contributed by atoms with Crippen LogP contribution in [0.1, 0.15) is 62.7 Å². The number of amides is 1. The Kier molecular flexibility index (Phi) is 6.80. The molecule has 1 aromatic carbocycles. The topological polar surface area (TPSA) is 66.5 Å². The highest BCUT2D eigenvalue weighted by molar-refractivity contribution is 7.89. The van der Waals surface area contributed by atoms with Gasteiger partial charge in [-0.2, -0.15) is 4.31 Å². The van der Waals surface area contributed by atoms with Gasteiger partial charge in [0.05, 0.1) is 4.90 Å². The molecule has 1 heterocycles. The van der Waals surface area contributed by atoms with E-state index in [0.717, 1.165) is 38.5 Å². The van der Waals surface area contributed by atoms with Crippen LogP contribution in [0.15, 0.2) is 29.2 Å². The van der Waals surface area contributed by atoms with E-state index in [1.165, 1.54) is 6.07 Å². The van der Waals surface area contributed by atoms with Gasteiger partial charge >= 0.3 is 0 Å². The molecule has 1 aliphatic rings. The minimum absolute atomic E-state index is 0.0772. The van der Waals surface area contributed by atoms with Crippen LogP contribution in [0.25, 0.3) is 0 Å². The van der Waals surface area contributed by atoms with Crippen LogP contribution in [0.3, 0.4) is 0 Å². The number of benzene rings is 1. The second-order valence-corrected chi connectivity index (χ2v) is 8.45. The Morgan fingerprint density at radius 2 is 1.88 bits per heavy atom. The van der Waals surface area contributed by atoms with Crippen LogP contribution in [-0.4, -0.2) is 37.8 Å². The van der Waals surface area contributed by atoms with E-state index < -0.39 is 10.0 Å². The van der Waals surface area contributed by atoms with E-state index in [4.69, 9.17) is 0 Å². The second-order valence-electron chi connectivity index (χ2n) is 6.51. The number of nitrogens with zero attached hydrogens (tertiary/aromatic N) is 1. The lowest BCUT2D eigenvalue weighted by Crippen LogP contribution is -2.33. The van der Waals surface area contributed by atoms with Crippen molar-refractivity contribution in [2.24, 2.45) is 0 Å². The van der Waals surface area contributed by atoms with Gasteiger partial charge in [0, 0.05) is 24.7 Å². The molecule has 0 saturated carbocycles. The zero-order valence-electron chi connectivity index (χ0n) is 14.6. The van der Waals surface area contributed by atoms with Crippen molar-refractivity contribution in [1.29, 1.82) is 0 Å². The first-order valence-corrected chi connectivity index (χ1v) is 10.3. The molecule has 1 amide bonds. The number of hydrogen-bond acceptors (Lipinski definition) is 3. The highest BCUT2D eigenvalue weighted by Gasteiger charge is 2.25. The summed E-state index contributed by atoms with van der Waals surface area (Å²) < 4.78 is 27.2. The average molecular weight is 353 g/mol. The molecule has 0 bridgehead atoms. The molecule has 2 rings (SSSR count). The van der Waals surface area contributed by atoms with Crippen LogP contribution in [0, 0.1) is 0 Å². The predicted octanol–water partition coefficient (Wildman–Crippen LogP) is 3.17. The van der Waals surface area contributed by atoms with E-state index >= 15 is 0 Å². The zero-order chi connectivity index (χ0) is 17.6. The molecule has 1 atom stereocenters. The van der Waals surface area contributed by atoms with Gasteiger partial charge in [-0.15, -0.1) is 0 Å². The van der Waals surface area contributed by atoms with E-state index in [1.807, 2.05) is 6.92 Å². The van der Waals surface area contributed by atoms with E-state index in [0.29, 0.717) is 18.7 Å². The number of hydrogen-bond donors (Lipinski definition) is 1. The van der Waals surface area contributed by atoms with Gasteiger partial charge in [0.25, 0.3) is 5.91 Å². The van der Waals surface area contributed by atoms with Gasteiger partial charge < -0.3 is 5.32 Å². The van der Waals surface area contributed by atoms with Crippen molar-refractivity contribution in [3.05, 3.63) is 29.8 Å². The summed E-state index contributed by atoms with van der Waals surface area (Å²) in [5.41, 5.74) is 0.397. The maximum absolute atomic E-state index is 12.8.